The van der Waals surface area contributed by atoms with Crippen LogP contribution in [-0.2, 0) is 16.6 Å². The number of sulfonamides is 1. The fourth-order valence-corrected chi connectivity index (χ4v) is 3.79. The molecule has 1 aromatic heterocycles. The molecule has 0 aliphatic heterocycles. The molecule has 138 valence electrons. The quantitative estimate of drug-likeness (QED) is 0.388. The van der Waals surface area contributed by atoms with Crippen LogP contribution in [0.1, 0.15) is 35.8 Å². The predicted octanol–water partition coefficient (Wildman–Crippen LogP) is 1.49. The average Bonchev–Trinajstić information content (AvgIpc) is 2.86. The normalized spacial score (nSPS) is 12.7. The molecular weight excluding hydrogens is 346 g/mol. The fraction of sp³-hybridized carbons (Fsp3) is 0.733. The number of aryl methyl sites for hydroxylation is 2. The van der Waals surface area contributed by atoms with Crippen LogP contribution in [0.15, 0.2) is 4.99 Å². The Morgan fingerprint density at radius 2 is 2.00 bits per heavy atom. The number of nitrogens with zero attached hydrogens (tertiary/aromatic N) is 3. The SMILES string of the molecule is CCNC(=NCc1sc(C)nc1C)NCCCN(C)S(=O)(=O)CC. The van der Waals surface area contributed by atoms with Gasteiger partial charge >= 0.3 is 0 Å². The van der Waals surface area contributed by atoms with Gasteiger partial charge in [-0.25, -0.2) is 22.7 Å². The van der Waals surface area contributed by atoms with Gasteiger partial charge in [-0.3, -0.25) is 0 Å². The first kappa shape index (κ1) is 20.9. The zero-order valence-electron chi connectivity index (χ0n) is 15.2. The summed E-state index contributed by atoms with van der Waals surface area (Å²) in [5.74, 6) is 0.873. The van der Waals surface area contributed by atoms with E-state index in [1.54, 1.807) is 25.3 Å². The molecule has 7 nitrogen and oxygen atoms in total. The molecule has 2 N–H and O–H groups in total. The van der Waals surface area contributed by atoms with E-state index in [0.29, 0.717) is 19.6 Å². The maximum absolute atomic E-state index is 11.7. The van der Waals surface area contributed by atoms with Crippen molar-refractivity contribution in [3.8, 4) is 0 Å². The van der Waals surface area contributed by atoms with Crippen LogP contribution < -0.4 is 10.6 Å². The zero-order chi connectivity index (χ0) is 18.2. The smallest absolute Gasteiger partial charge is 0.213 e. The maximum Gasteiger partial charge on any atom is 0.213 e. The van der Waals surface area contributed by atoms with E-state index in [2.05, 4.69) is 20.6 Å². The average molecular weight is 376 g/mol. The first-order valence-corrected chi connectivity index (χ1v) is 10.6. The van der Waals surface area contributed by atoms with Gasteiger partial charge in [0.15, 0.2) is 5.96 Å². The van der Waals surface area contributed by atoms with Crippen LogP contribution in [0.4, 0.5) is 0 Å². The van der Waals surface area contributed by atoms with Crippen molar-refractivity contribution < 1.29 is 8.42 Å². The highest BCUT2D eigenvalue weighted by molar-refractivity contribution is 7.89. The van der Waals surface area contributed by atoms with E-state index in [1.165, 1.54) is 9.18 Å². The number of guanidine groups is 1. The molecule has 0 aliphatic carbocycles. The minimum absolute atomic E-state index is 0.134. The summed E-state index contributed by atoms with van der Waals surface area (Å²) < 4.78 is 24.8. The van der Waals surface area contributed by atoms with Crippen molar-refractivity contribution in [2.75, 3.05) is 32.4 Å². The Balaban J connectivity index is 2.48. The third kappa shape index (κ3) is 6.74. The highest BCUT2D eigenvalue weighted by atomic mass is 32.2. The summed E-state index contributed by atoms with van der Waals surface area (Å²) in [7, 11) is -1.49. The Kier molecular flexibility index (Phi) is 8.65. The summed E-state index contributed by atoms with van der Waals surface area (Å²) in [6, 6.07) is 0. The summed E-state index contributed by atoms with van der Waals surface area (Å²) >= 11 is 1.66. The van der Waals surface area contributed by atoms with Crippen LogP contribution in [0.2, 0.25) is 0 Å². The number of aliphatic imine (C=N–C) groups is 1. The van der Waals surface area contributed by atoms with Crippen molar-refractivity contribution in [2.45, 2.75) is 40.7 Å². The van der Waals surface area contributed by atoms with Crippen molar-refractivity contribution in [1.82, 2.24) is 19.9 Å². The van der Waals surface area contributed by atoms with Gasteiger partial charge in [-0.1, -0.05) is 0 Å². The number of thiazole rings is 1. The van der Waals surface area contributed by atoms with E-state index in [1.807, 2.05) is 20.8 Å². The van der Waals surface area contributed by atoms with Gasteiger partial charge in [-0.2, -0.15) is 0 Å². The Hall–Kier alpha value is -1.19. The van der Waals surface area contributed by atoms with E-state index in [9.17, 15) is 8.42 Å². The molecule has 0 radical (unpaired) electrons. The molecule has 24 heavy (non-hydrogen) atoms. The van der Waals surface area contributed by atoms with E-state index in [-0.39, 0.29) is 5.75 Å². The number of rotatable bonds is 9. The van der Waals surface area contributed by atoms with Gasteiger partial charge in [0.05, 0.1) is 23.0 Å². The summed E-state index contributed by atoms with van der Waals surface area (Å²) in [6.07, 6.45) is 0.721. The largest absolute Gasteiger partial charge is 0.357 e. The van der Waals surface area contributed by atoms with Crippen molar-refractivity contribution in [2.24, 2.45) is 4.99 Å². The van der Waals surface area contributed by atoms with Gasteiger partial charge in [0, 0.05) is 31.6 Å². The highest BCUT2D eigenvalue weighted by Gasteiger charge is 2.14. The van der Waals surface area contributed by atoms with Crippen molar-refractivity contribution in [3.05, 3.63) is 15.6 Å². The second kappa shape index (κ2) is 9.95. The summed E-state index contributed by atoms with van der Waals surface area (Å²) in [4.78, 5) is 10.1. The molecule has 0 atom stereocenters. The molecule has 0 fully saturated rings. The number of hydrogen-bond acceptors (Lipinski definition) is 5. The second-order valence-electron chi connectivity index (χ2n) is 5.44. The monoisotopic (exact) mass is 375 g/mol. The lowest BCUT2D eigenvalue weighted by Crippen LogP contribution is -2.39. The van der Waals surface area contributed by atoms with Crippen LogP contribution in [0, 0.1) is 13.8 Å². The maximum atomic E-state index is 11.7. The van der Waals surface area contributed by atoms with Crippen LogP contribution >= 0.6 is 11.3 Å². The second-order valence-corrected chi connectivity index (χ2v) is 9.09. The third-order valence-electron chi connectivity index (χ3n) is 3.51. The molecule has 0 saturated heterocycles. The molecule has 1 heterocycles. The number of hydrogen-bond donors (Lipinski definition) is 2. The molecule has 0 amide bonds. The topological polar surface area (TPSA) is 86.7 Å². The Morgan fingerprint density at radius 1 is 1.29 bits per heavy atom. The third-order valence-corrected chi connectivity index (χ3v) is 6.43. The van der Waals surface area contributed by atoms with Crippen molar-refractivity contribution in [1.29, 1.82) is 0 Å². The van der Waals surface area contributed by atoms with Gasteiger partial charge in [-0.05, 0) is 34.1 Å². The molecule has 1 aromatic rings. The highest BCUT2D eigenvalue weighted by Crippen LogP contribution is 2.17. The lowest BCUT2D eigenvalue weighted by Gasteiger charge is -2.16. The lowest BCUT2D eigenvalue weighted by molar-refractivity contribution is 0.461. The molecule has 1 rings (SSSR count). The van der Waals surface area contributed by atoms with E-state index in [4.69, 9.17) is 0 Å². The standard InChI is InChI=1S/C15H29N5O2S2/c1-6-16-15(18-11-14-12(3)19-13(4)23-14)17-9-8-10-20(5)24(21,22)7-2/h6-11H2,1-5H3,(H2,16,17,18). The van der Waals surface area contributed by atoms with Gasteiger partial charge in [0.25, 0.3) is 0 Å². The molecule has 0 unspecified atom stereocenters. The minimum Gasteiger partial charge on any atom is -0.357 e. The van der Waals surface area contributed by atoms with Crippen molar-refractivity contribution >= 4 is 27.3 Å². The van der Waals surface area contributed by atoms with Crippen LogP contribution in [-0.4, -0.2) is 56.1 Å². The summed E-state index contributed by atoms with van der Waals surface area (Å²) in [5, 5.41) is 7.50. The Bertz CT molecular complexity index is 640. The van der Waals surface area contributed by atoms with E-state index in [0.717, 1.165) is 29.6 Å². The summed E-state index contributed by atoms with van der Waals surface area (Å²) in [6.45, 7) is 10.2. The number of aromatic nitrogens is 1. The fourth-order valence-electron chi connectivity index (χ4n) is 2.08. The molecule has 0 bridgehead atoms. The molecule has 9 heteroatoms. The molecule has 0 spiro atoms. The number of nitrogens with one attached hydrogen (secondary N) is 2. The van der Waals surface area contributed by atoms with Gasteiger partial charge in [0.1, 0.15) is 0 Å². The van der Waals surface area contributed by atoms with Gasteiger partial charge < -0.3 is 10.6 Å². The first-order valence-electron chi connectivity index (χ1n) is 8.19. The predicted molar refractivity (Wildman–Crippen MR) is 101 cm³/mol. The zero-order valence-corrected chi connectivity index (χ0v) is 16.9. The van der Waals surface area contributed by atoms with Crippen LogP contribution in [0.25, 0.3) is 0 Å². The Labute approximate surface area is 149 Å². The van der Waals surface area contributed by atoms with Gasteiger partial charge in [-0.15, -0.1) is 11.3 Å². The van der Waals surface area contributed by atoms with Gasteiger partial charge in [0.2, 0.25) is 10.0 Å². The van der Waals surface area contributed by atoms with Crippen LogP contribution in [0.5, 0.6) is 0 Å². The van der Waals surface area contributed by atoms with E-state index < -0.39 is 10.0 Å². The molecule has 0 aromatic carbocycles. The Morgan fingerprint density at radius 3 is 2.54 bits per heavy atom. The van der Waals surface area contributed by atoms with Crippen molar-refractivity contribution in [3.63, 3.8) is 0 Å². The lowest BCUT2D eigenvalue weighted by atomic mass is 10.4. The molecule has 0 saturated carbocycles. The first-order chi connectivity index (χ1) is 11.3. The molecule has 0 aliphatic rings. The van der Waals surface area contributed by atoms with Crippen LogP contribution in [0.3, 0.4) is 0 Å². The summed E-state index contributed by atoms with van der Waals surface area (Å²) in [5.41, 5.74) is 1.03. The minimum atomic E-state index is -3.10. The van der Waals surface area contributed by atoms with E-state index >= 15 is 0 Å². The molecular formula is C15H29N5O2S2.